The maximum absolute atomic E-state index is 12.8. The Hall–Kier alpha value is -9.76. The Kier molecular flexibility index (Phi) is 23.0. The minimum Gasteiger partial charge on any atom is -0.494 e. The number of nitrogens with one attached hydrogen (secondary N) is 1. The molecule has 0 spiro atoms. The van der Waals surface area contributed by atoms with Gasteiger partial charge in [0.05, 0.1) is 60.3 Å². The van der Waals surface area contributed by atoms with Crippen LogP contribution in [0, 0.1) is 0 Å². The number of carbonyl (C=O) groups excluding carboxylic acids is 4. The lowest BCUT2D eigenvalue weighted by Crippen LogP contribution is -2.36. The molecule has 0 unspecified atom stereocenters. The molecule has 8 aromatic carbocycles. The van der Waals surface area contributed by atoms with Crippen LogP contribution in [0.1, 0.15) is 110 Å². The fourth-order valence-corrected chi connectivity index (χ4v) is 9.61. The van der Waals surface area contributed by atoms with Gasteiger partial charge in [0, 0.05) is 44.9 Å². The molecule has 86 heavy (non-hydrogen) atoms. The predicted octanol–water partition coefficient (Wildman–Crippen LogP) is 18.0. The number of fused-ring (bicyclic) bond motifs is 1. The van der Waals surface area contributed by atoms with Gasteiger partial charge >= 0.3 is 23.9 Å². The summed E-state index contributed by atoms with van der Waals surface area (Å²) in [5, 5.41) is 26.2. The van der Waals surface area contributed by atoms with E-state index in [0.29, 0.717) is 66.2 Å². The molecule has 15 nitrogen and oxygen atoms in total. The first kappa shape index (κ1) is 62.3. The van der Waals surface area contributed by atoms with E-state index in [1.165, 1.54) is 28.7 Å². The van der Waals surface area contributed by atoms with E-state index in [2.05, 4.69) is 79.8 Å². The Labute approximate surface area is 502 Å². The molecule has 1 aliphatic heterocycles. The minimum atomic E-state index is -0.475. The van der Waals surface area contributed by atoms with Crippen LogP contribution < -0.4 is 24.3 Å². The van der Waals surface area contributed by atoms with E-state index >= 15 is 0 Å². The summed E-state index contributed by atoms with van der Waals surface area (Å²) < 4.78 is 32.4. The van der Waals surface area contributed by atoms with E-state index < -0.39 is 11.9 Å². The molecule has 0 aromatic heterocycles. The van der Waals surface area contributed by atoms with Crippen LogP contribution >= 0.6 is 0 Å². The Morgan fingerprint density at radius 2 is 0.930 bits per heavy atom. The van der Waals surface area contributed by atoms with E-state index in [-0.39, 0.29) is 17.5 Å². The van der Waals surface area contributed by atoms with Crippen LogP contribution in [0.15, 0.2) is 210 Å². The predicted molar refractivity (Wildman–Crippen MR) is 338 cm³/mol. The van der Waals surface area contributed by atoms with Gasteiger partial charge < -0.3 is 33.7 Å². The quantitative estimate of drug-likeness (QED) is 0.0162. The van der Waals surface area contributed by atoms with Gasteiger partial charge in [-0.2, -0.15) is 5.11 Å². The SMILES string of the molecule is C=CC(=O)OCCCCCCOc1ccc(C(=O)Oc2ccc(CCC)cc2)cc1.C=CC(=O)OCCCCCCOc1ccc(C(=O)Oc2ccc(N=Nc3ccc(N=Nc4ccc5c6c(cccc46)NC(C)(C)C5)c4ccccc34)cc2)cc1. The molecule has 0 saturated heterocycles. The van der Waals surface area contributed by atoms with Crippen LogP contribution in [-0.2, 0) is 31.9 Å². The minimum absolute atomic E-state index is 0.0114. The third-order valence-electron chi connectivity index (χ3n) is 14.0. The van der Waals surface area contributed by atoms with E-state index in [9.17, 15) is 19.2 Å². The lowest BCUT2D eigenvalue weighted by Gasteiger charge is -2.34. The molecule has 0 fully saturated rings. The summed E-state index contributed by atoms with van der Waals surface area (Å²) in [6.45, 7) is 15.3. The fourth-order valence-electron chi connectivity index (χ4n) is 9.61. The number of hydrogen-bond acceptors (Lipinski definition) is 15. The number of ether oxygens (including phenoxy) is 6. The highest BCUT2D eigenvalue weighted by molar-refractivity contribution is 6.04. The number of hydrogen-bond donors (Lipinski definition) is 1. The van der Waals surface area contributed by atoms with Gasteiger partial charge in [-0.15, -0.1) is 15.3 Å². The molecule has 9 rings (SSSR count). The third-order valence-corrected chi connectivity index (χ3v) is 14.0. The number of esters is 4. The van der Waals surface area contributed by atoms with Gasteiger partial charge in [-0.05, 0) is 198 Å². The molecule has 0 amide bonds. The second-order valence-corrected chi connectivity index (χ2v) is 21.2. The van der Waals surface area contributed by atoms with Gasteiger partial charge in [0.2, 0.25) is 0 Å². The zero-order valence-corrected chi connectivity index (χ0v) is 49.1. The van der Waals surface area contributed by atoms with Crippen molar-refractivity contribution >= 4 is 73.9 Å². The molecular formula is C71H73N5O10. The molecule has 0 aliphatic carbocycles. The molecule has 1 aliphatic rings. The second kappa shape index (κ2) is 31.8. The van der Waals surface area contributed by atoms with Crippen LogP contribution in [0.2, 0.25) is 0 Å². The van der Waals surface area contributed by atoms with Crippen molar-refractivity contribution in [3.05, 3.63) is 211 Å². The van der Waals surface area contributed by atoms with E-state index in [0.717, 1.165) is 110 Å². The number of rotatable bonds is 28. The van der Waals surface area contributed by atoms with E-state index in [4.69, 9.17) is 38.6 Å². The number of aryl methyl sites for hydroxylation is 1. The van der Waals surface area contributed by atoms with Gasteiger partial charge in [0.15, 0.2) is 0 Å². The lowest BCUT2D eigenvalue weighted by molar-refractivity contribution is -0.138. The largest absolute Gasteiger partial charge is 0.494 e. The number of azo groups is 2. The highest BCUT2D eigenvalue weighted by Gasteiger charge is 2.26. The average molecular weight is 1160 g/mol. The molecule has 0 saturated carbocycles. The van der Waals surface area contributed by atoms with Gasteiger partial charge in [-0.3, -0.25) is 0 Å². The van der Waals surface area contributed by atoms with Crippen molar-refractivity contribution in [2.24, 2.45) is 20.5 Å². The number of benzene rings is 8. The zero-order valence-electron chi connectivity index (χ0n) is 49.1. The molecule has 15 heteroatoms. The summed E-state index contributed by atoms with van der Waals surface area (Å²) in [6.07, 6.45) is 12.6. The highest BCUT2D eigenvalue weighted by atomic mass is 16.5. The van der Waals surface area contributed by atoms with Crippen molar-refractivity contribution in [1.29, 1.82) is 0 Å². The Bertz CT molecular complexity index is 3640. The fraction of sp³-hybridized carbons (Fsp3) is 0.268. The number of unbranched alkanes of at least 4 members (excludes halogenated alkanes) is 6. The average Bonchev–Trinajstić information content (AvgIpc) is 1.06. The molecule has 0 radical (unpaired) electrons. The molecule has 0 bridgehead atoms. The van der Waals surface area contributed by atoms with Crippen LogP contribution in [0.25, 0.3) is 21.5 Å². The van der Waals surface area contributed by atoms with Crippen molar-refractivity contribution in [3.8, 4) is 23.0 Å². The van der Waals surface area contributed by atoms with Gasteiger partial charge in [0.25, 0.3) is 0 Å². The van der Waals surface area contributed by atoms with Crippen molar-refractivity contribution < 1.29 is 47.6 Å². The molecule has 8 aromatic rings. The van der Waals surface area contributed by atoms with Gasteiger partial charge in [-0.25, -0.2) is 19.2 Å². The van der Waals surface area contributed by atoms with Crippen LogP contribution in [0.3, 0.4) is 0 Å². The number of carbonyl (C=O) groups is 4. The Morgan fingerprint density at radius 1 is 0.488 bits per heavy atom. The number of nitrogens with zero attached hydrogens (tertiary/aromatic N) is 4. The molecule has 1 N–H and O–H groups in total. The maximum Gasteiger partial charge on any atom is 0.343 e. The first-order chi connectivity index (χ1) is 41.9. The molecule has 442 valence electrons. The maximum atomic E-state index is 12.8. The van der Waals surface area contributed by atoms with Gasteiger partial charge in [0.1, 0.15) is 23.0 Å². The molecule has 1 heterocycles. The standard InChI is InChI=1S/C46H43N5O5.C25H30O5/c1-4-43(52)55-29-10-6-5-9-28-54-34-21-16-31(17-22-34)45(53)56-35-23-19-33(20-24-35)48-49-39-26-27-40(37-13-8-7-12-36(37)39)50-51-41-25-18-32-30-46(2,3)47-42-15-11-14-38(41)44(32)42;1-3-9-20-10-14-23(15-11-20)30-25(27)21-12-16-22(17-13-21)28-18-7-5-6-8-19-29-24(26)4-2/h4,7-8,11-27,47H,1,5-6,9-10,28-30H2,2-3H3;4,10-17H,2-3,5-9,18-19H2,1H3. The summed E-state index contributed by atoms with van der Waals surface area (Å²) in [6, 6.07) is 50.6. The Balaban J connectivity index is 0.000000271. The zero-order chi connectivity index (χ0) is 60.5. The van der Waals surface area contributed by atoms with Crippen LogP contribution in [0.4, 0.5) is 28.4 Å². The summed E-state index contributed by atoms with van der Waals surface area (Å²) in [5.41, 5.74) is 7.40. The lowest BCUT2D eigenvalue weighted by atomic mass is 9.86. The summed E-state index contributed by atoms with van der Waals surface area (Å²) >= 11 is 0. The first-order valence-corrected chi connectivity index (χ1v) is 29.2. The third kappa shape index (κ3) is 18.6. The van der Waals surface area contributed by atoms with Crippen molar-refractivity contribution in [3.63, 3.8) is 0 Å². The topological polar surface area (TPSA) is 185 Å². The van der Waals surface area contributed by atoms with Crippen molar-refractivity contribution in [1.82, 2.24) is 0 Å². The number of anilines is 1. The van der Waals surface area contributed by atoms with E-state index in [1.807, 2.05) is 60.7 Å². The first-order valence-electron chi connectivity index (χ1n) is 29.2. The second-order valence-electron chi connectivity index (χ2n) is 21.2. The van der Waals surface area contributed by atoms with Crippen molar-refractivity contribution in [2.45, 2.75) is 96.9 Å². The summed E-state index contributed by atoms with van der Waals surface area (Å²) in [4.78, 5) is 47.1. The summed E-state index contributed by atoms with van der Waals surface area (Å²) in [5.74, 6) is 0.690. The smallest absolute Gasteiger partial charge is 0.343 e. The van der Waals surface area contributed by atoms with Crippen LogP contribution in [-0.4, -0.2) is 55.8 Å². The van der Waals surface area contributed by atoms with Crippen LogP contribution in [0.5, 0.6) is 23.0 Å². The monoisotopic (exact) mass is 1160 g/mol. The van der Waals surface area contributed by atoms with Gasteiger partial charge in [-0.1, -0.05) is 81.1 Å². The molecular weight excluding hydrogens is 1080 g/mol. The highest BCUT2D eigenvalue weighted by Crippen LogP contribution is 2.41. The Morgan fingerprint density at radius 3 is 1.43 bits per heavy atom. The van der Waals surface area contributed by atoms with E-state index in [1.54, 1.807) is 72.8 Å². The summed E-state index contributed by atoms with van der Waals surface area (Å²) in [7, 11) is 0. The normalized spacial score (nSPS) is 12.2. The molecule has 0 atom stereocenters. The van der Waals surface area contributed by atoms with Crippen molar-refractivity contribution in [2.75, 3.05) is 31.7 Å².